The molecule has 0 radical (unpaired) electrons. The molecule has 27 heavy (non-hydrogen) atoms. The highest BCUT2D eigenvalue weighted by molar-refractivity contribution is 5.66. The van der Waals surface area contributed by atoms with Gasteiger partial charge in [0.1, 0.15) is 0 Å². The van der Waals surface area contributed by atoms with Gasteiger partial charge < -0.3 is 0 Å². The highest BCUT2D eigenvalue weighted by Crippen LogP contribution is 2.34. The lowest BCUT2D eigenvalue weighted by molar-refractivity contribution is 0.564. The molecule has 0 heterocycles. The van der Waals surface area contributed by atoms with Crippen molar-refractivity contribution in [3.8, 4) is 11.1 Å². The fourth-order valence-corrected chi connectivity index (χ4v) is 3.03. The van der Waals surface area contributed by atoms with E-state index in [9.17, 15) is 9.59 Å². The summed E-state index contributed by atoms with van der Waals surface area (Å²) >= 11 is 0. The van der Waals surface area contributed by atoms with E-state index in [1.165, 1.54) is 5.56 Å². The molecule has 132 valence electrons. The second kappa shape index (κ2) is 7.76. The lowest BCUT2D eigenvalue weighted by Gasteiger charge is -2.26. The van der Waals surface area contributed by atoms with Crippen LogP contribution in [0.5, 0.6) is 0 Å². The van der Waals surface area contributed by atoms with E-state index in [-0.39, 0.29) is 5.41 Å². The van der Waals surface area contributed by atoms with Gasteiger partial charge in [0, 0.05) is 5.41 Å². The largest absolute Gasteiger partial charge is 0.240 e. The lowest BCUT2D eigenvalue weighted by atomic mass is 9.78. The predicted molar refractivity (Wildman–Crippen MR) is 106 cm³/mol. The molecule has 0 atom stereocenters. The van der Waals surface area contributed by atoms with Crippen LogP contribution in [0.4, 0.5) is 11.4 Å². The Bertz CT molecular complexity index is 1020. The minimum Gasteiger partial charge on any atom is -0.211 e. The highest BCUT2D eigenvalue weighted by atomic mass is 16.1. The predicted octanol–water partition coefficient (Wildman–Crippen LogP) is 5.61. The van der Waals surface area contributed by atoms with Crippen molar-refractivity contribution in [2.24, 2.45) is 9.98 Å². The summed E-state index contributed by atoms with van der Waals surface area (Å²) in [6.45, 7) is 4.32. The Balaban J connectivity index is 1.86. The van der Waals surface area contributed by atoms with Crippen LogP contribution in [0, 0.1) is 0 Å². The molecule has 0 unspecified atom stereocenters. The van der Waals surface area contributed by atoms with Gasteiger partial charge in [-0.3, -0.25) is 0 Å². The molecule has 0 N–H and O–H groups in total. The van der Waals surface area contributed by atoms with E-state index in [2.05, 4.69) is 48.1 Å². The molecule has 0 aromatic heterocycles. The molecule has 0 fully saturated rings. The minimum atomic E-state index is -0.190. The molecule has 0 bridgehead atoms. The topological polar surface area (TPSA) is 58.9 Å². The van der Waals surface area contributed by atoms with Crippen molar-refractivity contribution in [3.05, 3.63) is 83.9 Å². The van der Waals surface area contributed by atoms with Crippen LogP contribution in [0.1, 0.15) is 25.0 Å². The van der Waals surface area contributed by atoms with E-state index >= 15 is 0 Å². The second-order valence-corrected chi connectivity index (χ2v) is 6.70. The van der Waals surface area contributed by atoms with Crippen LogP contribution < -0.4 is 0 Å². The fourth-order valence-electron chi connectivity index (χ4n) is 3.03. The molecule has 0 spiro atoms. The third kappa shape index (κ3) is 3.99. The van der Waals surface area contributed by atoms with Crippen LogP contribution in [-0.2, 0) is 15.0 Å². The minimum absolute atomic E-state index is 0.190. The summed E-state index contributed by atoms with van der Waals surface area (Å²) in [6.07, 6.45) is 3.10. The van der Waals surface area contributed by atoms with Gasteiger partial charge in [0.15, 0.2) is 0 Å². The quantitative estimate of drug-likeness (QED) is 0.441. The Morgan fingerprint density at radius 2 is 0.926 bits per heavy atom. The molecular weight excluding hydrogens is 336 g/mol. The van der Waals surface area contributed by atoms with E-state index in [1.54, 1.807) is 24.3 Å². The summed E-state index contributed by atoms with van der Waals surface area (Å²) in [6, 6.07) is 23.5. The van der Waals surface area contributed by atoms with Crippen molar-refractivity contribution >= 4 is 23.5 Å². The number of hydrogen-bond donors (Lipinski definition) is 0. The third-order valence-corrected chi connectivity index (χ3v) is 4.75. The first-order valence-corrected chi connectivity index (χ1v) is 8.52. The van der Waals surface area contributed by atoms with E-state index in [4.69, 9.17) is 0 Å². The van der Waals surface area contributed by atoms with E-state index in [0.29, 0.717) is 11.4 Å². The molecular formula is C23H18N2O2. The van der Waals surface area contributed by atoms with Crippen LogP contribution in [0.2, 0.25) is 0 Å². The van der Waals surface area contributed by atoms with Crippen molar-refractivity contribution in [2.45, 2.75) is 19.3 Å². The number of hydrogen-bond acceptors (Lipinski definition) is 4. The van der Waals surface area contributed by atoms with Gasteiger partial charge in [-0.05, 0) is 46.5 Å². The van der Waals surface area contributed by atoms with Crippen LogP contribution in [-0.4, -0.2) is 12.2 Å². The van der Waals surface area contributed by atoms with Gasteiger partial charge in [0.2, 0.25) is 12.2 Å². The van der Waals surface area contributed by atoms with Crippen molar-refractivity contribution < 1.29 is 9.59 Å². The maximum Gasteiger partial charge on any atom is 0.240 e. The molecule has 0 saturated heterocycles. The zero-order chi connectivity index (χ0) is 19.3. The zero-order valence-corrected chi connectivity index (χ0v) is 15.1. The van der Waals surface area contributed by atoms with E-state index in [0.717, 1.165) is 16.7 Å². The third-order valence-electron chi connectivity index (χ3n) is 4.75. The second-order valence-electron chi connectivity index (χ2n) is 6.70. The van der Waals surface area contributed by atoms with Gasteiger partial charge in [-0.1, -0.05) is 62.4 Å². The number of nitrogens with zero attached hydrogens (tertiary/aromatic N) is 2. The molecule has 4 nitrogen and oxygen atoms in total. The van der Waals surface area contributed by atoms with Gasteiger partial charge in [0.05, 0.1) is 11.4 Å². The summed E-state index contributed by atoms with van der Waals surface area (Å²) in [5.41, 5.74) is 5.46. The summed E-state index contributed by atoms with van der Waals surface area (Å²) in [7, 11) is 0. The average Bonchev–Trinajstić information content (AvgIpc) is 2.70. The van der Waals surface area contributed by atoms with Crippen LogP contribution in [0.3, 0.4) is 0 Å². The molecule has 0 amide bonds. The smallest absolute Gasteiger partial charge is 0.211 e. The normalized spacial score (nSPS) is 10.6. The molecule has 0 saturated carbocycles. The number of benzene rings is 3. The molecule has 0 aliphatic heterocycles. The standard InChI is InChI=1S/C23H18N2O2/c1-23(2,20-9-13-22(14-10-20)25-16-27)19-7-3-17(4-8-19)18-5-11-21(12-6-18)24-15-26/h3-14H,1-2H3. The van der Waals surface area contributed by atoms with E-state index < -0.39 is 0 Å². The molecule has 0 aliphatic rings. The van der Waals surface area contributed by atoms with Gasteiger partial charge >= 0.3 is 0 Å². The van der Waals surface area contributed by atoms with Crippen LogP contribution in [0.25, 0.3) is 11.1 Å². The molecule has 4 heteroatoms. The molecule has 0 aliphatic carbocycles. The van der Waals surface area contributed by atoms with Gasteiger partial charge in [-0.25, -0.2) is 9.59 Å². The Hall–Kier alpha value is -3.58. The molecule has 3 rings (SSSR count). The van der Waals surface area contributed by atoms with Crippen LogP contribution >= 0.6 is 0 Å². The summed E-state index contributed by atoms with van der Waals surface area (Å²) in [5.74, 6) is 0. The maximum atomic E-state index is 10.4. The van der Waals surface area contributed by atoms with Crippen molar-refractivity contribution in [1.82, 2.24) is 0 Å². The SMILES string of the molecule is CC(C)(c1ccc(N=C=O)cc1)c1ccc(-c2ccc(N=C=O)cc2)cc1. The first kappa shape index (κ1) is 18.2. The Morgan fingerprint density at radius 3 is 1.33 bits per heavy atom. The first-order valence-electron chi connectivity index (χ1n) is 8.52. The van der Waals surface area contributed by atoms with Crippen LogP contribution in [0.15, 0.2) is 82.8 Å². The number of isocyanates is 2. The Labute approximate surface area is 157 Å². The zero-order valence-electron chi connectivity index (χ0n) is 15.1. The van der Waals surface area contributed by atoms with Gasteiger partial charge in [0.25, 0.3) is 0 Å². The van der Waals surface area contributed by atoms with Gasteiger partial charge in [-0.2, -0.15) is 9.98 Å². The molecule has 3 aromatic rings. The first-order chi connectivity index (χ1) is 13.0. The van der Waals surface area contributed by atoms with E-state index in [1.807, 2.05) is 36.4 Å². The number of aliphatic imine (C=N–C) groups is 2. The monoisotopic (exact) mass is 354 g/mol. The summed E-state index contributed by atoms with van der Waals surface area (Å²) in [4.78, 5) is 27.9. The van der Waals surface area contributed by atoms with Crippen molar-refractivity contribution in [2.75, 3.05) is 0 Å². The number of carbonyl (C=O) groups excluding carboxylic acids is 2. The van der Waals surface area contributed by atoms with Crippen molar-refractivity contribution in [3.63, 3.8) is 0 Å². The fraction of sp³-hybridized carbons (Fsp3) is 0.130. The lowest BCUT2D eigenvalue weighted by Crippen LogP contribution is -2.18. The Morgan fingerprint density at radius 1 is 0.593 bits per heavy atom. The maximum absolute atomic E-state index is 10.4. The van der Waals surface area contributed by atoms with Crippen molar-refractivity contribution in [1.29, 1.82) is 0 Å². The number of rotatable bonds is 5. The average molecular weight is 354 g/mol. The summed E-state index contributed by atoms with van der Waals surface area (Å²) in [5, 5.41) is 0. The van der Waals surface area contributed by atoms with Gasteiger partial charge in [-0.15, -0.1) is 0 Å². The summed E-state index contributed by atoms with van der Waals surface area (Å²) < 4.78 is 0. The highest BCUT2D eigenvalue weighted by Gasteiger charge is 2.23. The molecule has 3 aromatic carbocycles. The Kier molecular flexibility index (Phi) is 5.23.